The highest BCUT2D eigenvalue weighted by atomic mass is 32.2. The average Bonchev–Trinajstić information content (AvgIpc) is 3.36. The highest BCUT2D eigenvalue weighted by Gasteiger charge is 2.24. The molecule has 1 amide bonds. The third-order valence-electron chi connectivity index (χ3n) is 5.89. The minimum absolute atomic E-state index is 0.0927. The Hall–Kier alpha value is -3.88. The van der Waals surface area contributed by atoms with Crippen LogP contribution in [0, 0.1) is 0 Å². The summed E-state index contributed by atoms with van der Waals surface area (Å²) in [6.07, 6.45) is 0.212. The smallest absolute Gasteiger partial charge is 0.238 e. The molecule has 1 N–H and O–H groups in total. The van der Waals surface area contributed by atoms with Crippen LogP contribution >= 0.6 is 11.3 Å². The zero-order valence-electron chi connectivity index (χ0n) is 19.2. The van der Waals surface area contributed by atoms with E-state index < -0.39 is 15.8 Å². The fourth-order valence-electron chi connectivity index (χ4n) is 4.07. The topological polar surface area (TPSA) is 89.0 Å². The van der Waals surface area contributed by atoms with E-state index in [-0.39, 0.29) is 23.0 Å². The maximum absolute atomic E-state index is 13.3. The van der Waals surface area contributed by atoms with Crippen LogP contribution in [0.1, 0.15) is 22.1 Å². The standard InChI is InChI=1S/C28H23N3O3S2/c32-27(26(21-10-3-1-4-11-21)22-12-5-2-6-13-22)29-28-31-30-25(35-28)17-18-36(33,34)24-16-15-20-9-7-8-14-23(20)19-24/h1-16,19,26H,17-18H2,(H,29,31,32). The van der Waals surface area contributed by atoms with Gasteiger partial charge in [-0.25, -0.2) is 8.42 Å². The van der Waals surface area contributed by atoms with Gasteiger partial charge in [0.1, 0.15) is 5.01 Å². The van der Waals surface area contributed by atoms with Gasteiger partial charge in [-0.1, -0.05) is 102 Å². The van der Waals surface area contributed by atoms with E-state index in [1.807, 2.05) is 91.0 Å². The molecule has 0 aliphatic heterocycles. The second-order valence-electron chi connectivity index (χ2n) is 8.32. The van der Waals surface area contributed by atoms with Gasteiger partial charge in [-0.2, -0.15) is 0 Å². The van der Waals surface area contributed by atoms with Crippen LogP contribution in [0.5, 0.6) is 0 Å². The summed E-state index contributed by atoms with van der Waals surface area (Å²) in [4.78, 5) is 13.5. The number of nitrogens with zero attached hydrogens (tertiary/aromatic N) is 2. The van der Waals surface area contributed by atoms with Crippen molar-refractivity contribution in [1.29, 1.82) is 0 Å². The SMILES string of the molecule is O=C(Nc1nnc(CCS(=O)(=O)c2ccc3ccccc3c2)s1)C(c1ccccc1)c1ccccc1. The minimum atomic E-state index is -3.50. The lowest BCUT2D eigenvalue weighted by molar-refractivity contribution is -0.116. The van der Waals surface area contributed by atoms with Gasteiger partial charge in [0.15, 0.2) is 9.84 Å². The van der Waals surface area contributed by atoms with Crippen LogP contribution in [0.4, 0.5) is 5.13 Å². The van der Waals surface area contributed by atoms with E-state index in [0.29, 0.717) is 10.1 Å². The molecule has 0 aliphatic rings. The molecule has 0 saturated heterocycles. The minimum Gasteiger partial charge on any atom is -0.300 e. The molecule has 1 heterocycles. The van der Waals surface area contributed by atoms with Crippen molar-refractivity contribution in [2.45, 2.75) is 17.2 Å². The van der Waals surface area contributed by atoms with Crippen molar-refractivity contribution in [2.75, 3.05) is 11.1 Å². The number of carbonyl (C=O) groups is 1. The number of fused-ring (bicyclic) bond motifs is 1. The summed E-state index contributed by atoms with van der Waals surface area (Å²) >= 11 is 1.19. The van der Waals surface area contributed by atoms with Crippen LogP contribution in [0.3, 0.4) is 0 Å². The molecule has 1 aromatic heterocycles. The molecule has 0 atom stereocenters. The van der Waals surface area contributed by atoms with E-state index >= 15 is 0 Å². The first-order chi connectivity index (χ1) is 17.5. The molecular formula is C28H23N3O3S2. The fraction of sp³-hybridized carbons (Fsp3) is 0.107. The van der Waals surface area contributed by atoms with Gasteiger partial charge in [0, 0.05) is 6.42 Å². The average molecular weight is 514 g/mol. The molecule has 36 heavy (non-hydrogen) atoms. The van der Waals surface area contributed by atoms with Gasteiger partial charge < -0.3 is 0 Å². The molecule has 5 aromatic rings. The normalized spacial score (nSPS) is 11.6. The van der Waals surface area contributed by atoms with E-state index in [2.05, 4.69) is 15.5 Å². The molecule has 0 saturated carbocycles. The summed E-state index contributed by atoms with van der Waals surface area (Å²) < 4.78 is 25.8. The van der Waals surface area contributed by atoms with Gasteiger partial charge in [-0.15, -0.1) is 10.2 Å². The molecule has 0 radical (unpaired) electrons. The molecule has 0 fully saturated rings. The summed E-state index contributed by atoms with van der Waals surface area (Å²) in [5, 5.41) is 13.8. The van der Waals surface area contributed by atoms with Crippen molar-refractivity contribution in [3.8, 4) is 0 Å². The quantitative estimate of drug-likeness (QED) is 0.297. The number of nitrogens with one attached hydrogen (secondary N) is 1. The Morgan fingerprint density at radius 2 is 1.39 bits per heavy atom. The lowest BCUT2D eigenvalue weighted by Crippen LogP contribution is -2.22. The molecule has 8 heteroatoms. The number of aromatic nitrogens is 2. The van der Waals surface area contributed by atoms with Crippen molar-refractivity contribution in [1.82, 2.24) is 10.2 Å². The molecule has 0 bridgehead atoms. The Morgan fingerprint density at radius 3 is 2.06 bits per heavy atom. The lowest BCUT2D eigenvalue weighted by Gasteiger charge is -2.16. The van der Waals surface area contributed by atoms with E-state index in [1.165, 1.54) is 11.3 Å². The number of aryl methyl sites for hydroxylation is 1. The van der Waals surface area contributed by atoms with Gasteiger partial charge >= 0.3 is 0 Å². The summed E-state index contributed by atoms with van der Waals surface area (Å²) in [5.74, 6) is -0.822. The van der Waals surface area contributed by atoms with E-state index in [0.717, 1.165) is 21.9 Å². The first-order valence-corrected chi connectivity index (χ1v) is 13.9. The number of rotatable bonds is 8. The molecule has 0 spiro atoms. The number of carbonyl (C=O) groups excluding carboxylic acids is 1. The first-order valence-electron chi connectivity index (χ1n) is 11.4. The van der Waals surface area contributed by atoms with Crippen molar-refractivity contribution in [3.05, 3.63) is 119 Å². The summed E-state index contributed by atoms with van der Waals surface area (Å²) in [6, 6.07) is 31.9. The predicted molar refractivity (Wildman–Crippen MR) is 143 cm³/mol. The van der Waals surface area contributed by atoms with Crippen LogP contribution in [-0.2, 0) is 21.1 Å². The Kier molecular flexibility index (Phi) is 6.88. The van der Waals surface area contributed by atoms with Gasteiger partial charge in [-0.3, -0.25) is 10.1 Å². The van der Waals surface area contributed by atoms with Crippen LogP contribution < -0.4 is 5.32 Å². The lowest BCUT2D eigenvalue weighted by atomic mass is 9.90. The van der Waals surface area contributed by atoms with Crippen LogP contribution in [0.15, 0.2) is 108 Å². The molecule has 4 aromatic carbocycles. The zero-order chi connectivity index (χ0) is 25.0. The highest BCUT2D eigenvalue weighted by Crippen LogP contribution is 2.27. The number of amides is 1. The van der Waals surface area contributed by atoms with E-state index in [4.69, 9.17) is 0 Å². The Morgan fingerprint density at radius 1 is 0.778 bits per heavy atom. The monoisotopic (exact) mass is 513 g/mol. The fourth-order valence-corrected chi connectivity index (χ4v) is 6.22. The van der Waals surface area contributed by atoms with Crippen molar-refractivity contribution >= 4 is 43.0 Å². The van der Waals surface area contributed by atoms with E-state index in [9.17, 15) is 13.2 Å². The number of benzene rings is 4. The van der Waals surface area contributed by atoms with Crippen LogP contribution in [0.2, 0.25) is 0 Å². The number of anilines is 1. The molecule has 0 unspecified atom stereocenters. The third-order valence-corrected chi connectivity index (χ3v) is 8.50. The molecular weight excluding hydrogens is 490 g/mol. The predicted octanol–water partition coefficient (Wildman–Crippen LogP) is 5.48. The summed E-state index contributed by atoms with van der Waals surface area (Å²) in [6.45, 7) is 0. The Balaban J connectivity index is 1.28. The number of hydrogen-bond donors (Lipinski definition) is 1. The van der Waals surface area contributed by atoms with Gasteiger partial charge in [-0.05, 0) is 34.0 Å². The van der Waals surface area contributed by atoms with E-state index in [1.54, 1.807) is 12.1 Å². The third kappa shape index (κ3) is 5.35. The van der Waals surface area contributed by atoms with Crippen molar-refractivity contribution in [2.24, 2.45) is 0 Å². The second-order valence-corrected chi connectivity index (χ2v) is 11.5. The molecule has 6 nitrogen and oxygen atoms in total. The Bertz CT molecular complexity index is 1560. The van der Waals surface area contributed by atoms with Crippen molar-refractivity contribution < 1.29 is 13.2 Å². The maximum Gasteiger partial charge on any atom is 0.238 e. The Labute approximate surface area is 213 Å². The zero-order valence-corrected chi connectivity index (χ0v) is 20.9. The molecule has 180 valence electrons. The molecule has 5 rings (SSSR count). The van der Waals surface area contributed by atoms with Crippen molar-refractivity contribution in [3.63, 3.8) is 0 Å². The van der Waals surface area contributed by atoms with Crippen LogP contribution in [-0.4, -0.2) is 30.3 Å². The number of sulfone groups is 1. The highest BCUT2D eigenvalue weighted by molar-refractivity contribution is 7.91. The summed E-state index contributed by atoms with van der Waals surface area (Å²) in [7, 11) is -3.50. The largest absolute Gasteiger partial charge is 0.300 e. The first kappa shape index (κ1) is 23.8. The van der Waals surface area contributed by atoms with Gasteiger partial charge in [0.05, 0.1) is 16.6 Å². The summed E-state index contributed by atoms with van der Waals surface area (Å²) in [5.41, 5.74) is 1.74. The number of hydrogen-bond acceptors (Lipinski definition) is 6. The van der Waals surface area contributed by atoms with Gasteiger partial charge in [0.2, 0.25) is 11.0 Å². The molecule has 0 aliphatic carbocycles. The van der Waals surface area contributed by atoms with Crippen LogP contribution in [0.25, 0.3) is 10.8 Å². The maximum atomic E-state index is 13.3. The second kappa shape index (κ2) is 10.4. The van der Waals surface area contributed by atoms with Gasteiger partial charge in [0.25, 0.3) is 0 Å².